The van der Waals surface area contributed by atoms with Crippen LogP contribution in [0.3, 0.4) is 0 Å². The Kier molecular flexibility index (Phi) is 3.85. The van der Waals surface area contributed by atoms with Crippen molar-refractivity contribution in [2.24, 2.45) is 0 Å². The zero-order valence-corrected chi connectivity index (χ0v) is 15.6. The molecular formula is C15H19N5O3S2. The van der Waals surface area contributed by atoms with Gasteiger partial charge in [0.05, 0.1) is 28.9 Å². The Hall–Kier alpha value is -1.91. The van der Waals surface area contributed by atoms with Gasteiger partial charge < -0.3 is 15.2 Å². The van der Waals surface area contributed by atoms with Crippen molar-refractivity contribution in [3.8, 4) is 0 Å². The molecule has 0 unspecified atom stereocenters. The van der Waals surface area contributed by atoms with Gasteiger partial charge in [-0.2, -0.15) is 4.31 Å². The van der Waals surface area contributed by atoms with Crippen molar-refractivity contribution < 1.29 is 13.2 Å². The van der Waals surface area contributed by atoms with Crippen molar-refractivity contribution in [1.82, 2.24) is 24.5 Å². The lowest BCUT2D eigenvalue weighted by Crippen LogP contribution is -2.48. The number of aryl methyl sites for hydroxylation is 1. The Balaban J connectivity index is 1.52. The number of fused-ring (bicyclic) bond motifs is 2. The summed E-state index contributed by atoms with van der Waals surface area (Å²) in [6, 6.07) is 1.08. The van der Waals surface area contributed by atoms with Crippen LogP contribution in [0.5, 0.6) is 0 Å². The predicted molar refractivity (Wildman–Crippen MR) is 92.8 cm³/mol. The summed E-state index contributed by atoms with van der Waals surface area (Å²) in [5.41, 5.74) is 1.99. The number of rotatable bonds is 1. The van der Waals surface area contributed by atoms with Crippen LogP contribution in [0.2, 0.25) is 0 Å². The number of urea groups is 1. The molecule has 2 amide bonds. The van der Waals surface area contributed by atoms with Gasteiger partial charge in [-0.3, -0.25) is 0 Å². The van der Waals surface area contributed by atoms with Crippen LogP contribution in [0.1, 0.15) is 28.1 Å². The fourth-order valence-corrected chi connectivity index (χ4v) is 6.04. The van der Waals surface area contributed by atoms with Gasteiger partial charge >= 0.3 is 6.03 Å². The van der Waals surface area contributed by atoms with Gasteiger partial charge in [0, 0.05) is 31.4 Å². The normalized spacial score (nSPS) is 22.3. The number of nitrogens with zero attached hydrogens (tertiary/aromatic N) is 3. The minimum absolute atomic E-state index is 0.185. The SMILES string of the molecule is Cc1nc2c([nH]1)CN(C(=O)N[C@H]1CN(C)S(=O)(=O)c3ccsc31)CC2. The van der Waals surface area contributed by atoms with E-state index in [1.807, 2.05) is 6.92 Å². The average Bonchev–Trinajstić information content (AvgIpc) is 3.18. The molecule has 1 atom stereocenters. The summed E-state index contributed by atoms with van der Waals surface area (Å²) in [7, 11) is -1.91. The lowest BCUT2D eigenvalue weighted by Gasteiger charge is -2.33. The number of likely N-dealkylation sites (N-methyl/N-ethyl adjacent to an activating group) is 1. The fourth-order valence-electron chi connectivity index (χ4n) is 3.34. The number of imidazole rings is 1. The molecule has 2 aromatic rings. The molecule has 0 aromatic carbocycles. The smallest absolute Gasteiger partial charge is 0.318 e. The van der Waals surface area contributed by atoms with Crippen molar-refractivity contribution >= 4 is 27.4 Å². The summed E-state index contributed by atoms with van der Waals surface area (Å²) in [5, 5.41) is 4.74. The molecule has 2 aliphatic heterocycles. The van der Waals surface area contributed by atoms with E-state index in [9.17, 15) is 13.2 Å². The Labute approximate surface area is 149 Å². The van der Waals surface area contributed by atoms with E-state index in [1.54, 1.807) is 16.3 Å². The second-order valence-electron chi connectivity index (χ2n) is 6.36. The maximum atomic E-state index is 12.7. The summed E-state index contributed by atoms with van der Waals surface area (Å²) >= 11 is 1.36. The largest absolute Gasteiger partial charge is 0.344 e. The molecule has 0 aliphatic carbocycles. The van der Waals surface area contributed by atoms with Crippen molar-refractivity contribution in [3.63, 3.8) is 0 Å². The first-order valence-electron chi connectivity index (χ1n) is 8.00. The van der Waals surface area contributed by atoms with Crippen molar-refractivity contribution in [2.45, 2.75) is 30.8 Å². The maximum Gasteiger partial charge on any atom is 0.318 e. The molecular weight excluding hydrogens is 362 g/mol. The highest BCUT2D eigenvalue weighted by molar-refractivity contribution is 7.89. The van der Waals surface area contributed by atoms with E-state index in [0.717, 1.165) is 23.6 Å². The third kappa shape index (κ3) is 2.74. The van der Waals surface area contributed by atoms with E-state index >= 15 is 0 Å². The molecule has 2 N–H and O–H groups in total. The third-order valence-corrected chi connectivity index (χ3v) is 7.68. The molecule has 4 rings (SSSR count). The molecule has 4 heterocycles. The second-order valence-corrected chi connectivity index (χ2v) is 9.32. The zero-order valence-electron chi connectivity index (χ0n) is 13.9. The van der Waals surface area contributed by atoms with E-state index in [0.29, 0.717) is 22.9 Å². The number of aromatic amines is 1. The van der Waals surface area contributed by atoms with Crippen LogP contribution in [0.4, 0.5) is 4.79 Å². The van der Waals surface area contributed by atoms with E-state index in [1.165, 1.54) is 22.7 Å². The number of aromatic nitrogens is 2. The van der Waals surface area contributed by atoms with Crippen LogP contribution in [0.25, 0.3) is 0 Å². The topological polar surface area (TPSA) is 98.4 Å². The Morgan fingerprint density at radius 3 is 3.08 bits per heavy atom. The number of carbonyl (C=O) groups is 1. The van der Waals surface area contributed by atoms with Gasteiger partial charge in [-0.1, -0.05) is 0 Å². The average molecular weight is 381 g/mol. The number of hydrogen-bond donors (Lipinski definition) is 2. The van der Waals surface area contributed by atoms with E-state index in [-0.39, 0.29) is 18.6 Å². The molecule has 0 saturated carbocycles. The quantitative estimate of drug-likeness (QED) is 0.776. The molecule has 134 valence electrons. The van der Waals surface area contributed by atoms with Gasteiger partial charge in [0.2, 0.25) is 10.0 Å². The number of sulfonamides is 1. The van der Waals surface area contributed by atoms with E-state index < -0.39 is 10.0 Å². The molecule has 0 saturated heterocycles. The van der Waals surface area contributed by atoms with Gasteiger partial charge in [0.1, 0.15) is 5.82 Å². The van der Waals surface area contributed by atoms with Gasteiger partial charge in [0.25, 0.3) is 0 Å². The van der Waals surface area contributed by atoms with Gasteiger partial charge in [-0.25, -0.2) is 18.2 Å². The molecule has 8 nitrogen and oxygen atoms in total. The highest BCUT2D eigenvalue weighted by Crippen LogP contribution is 2.35. The number of thiophene rings is 1. The summed E-state index contributed by atoms with van der Waals surface area (Å²) in [4.78, 5) is 23.0. The number of hydrogen-bond acceptors (Lipinski definition) is 5. The highest BCUT2D eigenvalue weighted by atomic mass is 32.2. The minimum Gasteiger partial charge on any atom is -0.344 e. The molecule has 0 radical (unpaired) electrons. The maximum absolute atomic E-state index is 12.7. The lowest BCUT2D eigenvalue weighted by atomic mass is 10.1. The Morgan fingerprint density at radius 1 is 1.48 bits per heavy atom. The van der Waals surface area contributed by atoms with E-state index in [4.69, 9.17) is 0 Å². The molecule has 0 fully saturated rings. The Bertz CT molecular complexity index is 933. The van der Waals surface area contributed by atoms with Gasteiger partial charge in [-0.15, -0.1) is 11.3 Å². The predicted octanol–water partition coefficient (Wildman–Crippen LogP) is 1.22. The molecule has 2 aliphatic rings. The van der Waals surface area contributed by atoms with Crippen LogP contribution < -0.4 is 5.32 Å². The van der Waals surface area contributed by atoms with Crippen LogP contribution in [-0.4, -0.2) is 53.8 Å². The summed E-state index contributed by atoms with van der Waals surface area (Å²) in [6.45, 7) is 3.23. The van der Waals surface area contributed by atoms with Gasteiger partial charge in [0.15, 0.2) is 0 Å². The first kappa shape index (κ1) is 16.6. The molecule has 25 heavy (non-hydrogen) atoms. The minimum atomic E-state index is -3.44. The first-order valence-corrected chi connectivity index (χ1v) is 10.3. The first-order chi connectivity index (χ1) is 11.9. The van der Waals surface area contributed by atoms with Crippen molar-refractivity contribution in [3.05, 3.63) is 33.5 Å². The second kappa shape index (κ2) is 5.82. The fraction of sp³-hybridized carbons (Fsp3) is 0.467. The van der Waals surface area contributed by atoms with Crippen LogP contribution in [0, 0.1) is 6.92 Å². The lowest BCUT2D eigenvalue weighted by molar-refractivity contribution is 0.185. The van der Waals surface area contributed by atoms with Crippen molar-refractivity contribution in [2.75, 3.05) is 20.1 Å². The van der Waals surface area contributed by atoms with Crippen LogP contribution in [-0.2, 0) is 23.0 Å². The number of amides is 2. The van der Waals surface area contributed by atoms with Crippen LogP contribution >= 0.6 is 11.3 Å². The molecule has 0 spiro atoms. The third-order valence-electron chi connectivity index (χ3n) is 4.64. The Morgan fingerprint density at radius 2 is 2.28 bits per heavy atom. The summed E-state index contributed by atoms with van der Waals surface area (Å²) < 4.78 is 26.0. The monoisotopic (exact) mass is 381 g/mol. The van der Waals surface area contributed by atoms with Crippen molar-refractivity contribution in [1.29, 1.82) is 0 Å². The standard InChI is InChI=1S/C15H19N5O3S2/c1-9-16-10-3-5-20(8-11(10)17-9)15(21)18-12-7-19(2)25(22,23)13-4-6-24-14(12)13/h4,6,12H,3,5,7-8H2,1-2H3,(H,16,17)(H,18,21)/t12-/m0/s1. The number of nitrogens with one attached hydrogen (secondary N) is 2. The summed E-state index contributed by atoms with van der Waals surface area (Å²) in [6.07, 6.45) is 0.719. The van der Waals surface area contributed by atoms with Crippen LogP contribution in [0.15, 0.2) is 16.3 Å². The molecule has 10 heteroatoms. The highest BCUT2D eigenvalue weighted by Gasteiger charge is 2.37. The molecule has 0 bridgehead atoms. The number of H-pyrrole nitrogens is 1. The molecule has 2 aromatic heterocycles. The van der Waals surface area contributed by atoms with Gasteiger partial charge in [-0.05, 0) is 18.4 Å². The zero-order chi connectivity index (χ0) is 17.8. The number of carbonyl (C=O) groups excluding carboxylic acids is 1. The summed E-state index contributed by atoms with van der Waals surface area (Å²) in [5.74, 6) is 0.856. The van der Waals surface area contributed by atoms with E-state index in [2.05, 4.69) is 15.3 Å².